The van der Waals surface area contributed by atoms with Gasteiger partial charge < -0.3 is 14.2 Å². The highest BCUT2D eigenvalue weighted by Gasteiger charge is 2.19. The van der Waals surface area contributed by atoms with Crippen molar-refractivity contribution in [2.24, 2.45) is 17.8 Å². The largest absolute Gasteiger partial charge is 0.462 e. The third kappa shape index (κ3) is 46.4. The van der Waals surface area contributed by atoms with Crippen molar-refractivity contribution in [3.05, 3.63) is 0 Å². The van der Waals surface area contributed by atoms with Gasteiger partial charge in [-0.05, 0) is 37.0 Å². The predicted octanol–water partition coefficient (Wildman–Crippen LogP) is 17.9. The molecule has 0 rings (SSSR count). The Labute approximate surface area is 387 Å². The minimum atomic E-state index is -0.763. The molecule has 0 aliphatic carbocycles. The zero-order chi connectivity index (χ0) is 45.6. The molecule has 62 heavy (non-hydrogen) atoms. The molecule has 6 nitrogen and oxygen atoms in total. The lowest BCUT2D eigenvalue weighted by Crippen LogP contribution is -2.30. The van der Waals surface area contributed by atoms with E-state index in [9.17, 15) is 14.4 Å². The topological polar surface area (TPSA) is 78.9 Å². The Kier molecular flexibility index (Phi) is 46.2. The molecule has 0 aliphatic heterocycles. The number of carbonyl (C=O) groups is 3. The number of ether oxygens (including phenoxy) is 3. The zero-order valence-corrected chi connectivity index (χ0v) is 42.7. The van der Waals surface area contributed by atoms with Crippen molar-refractivity contribution in [1.29, 1.82) is 0 Å². The van der Waals surface area contributed by atoms with Gasteiger partial charge in [0.1, 0.15) is 13.2 Å². The van der Waals surface area contributed by atoms with E-state index in [1.165, 1.54) is 186 Å². The molecular formula is C56H108O6. The first-order valence-corrected chi connectivity index (χ1v) is 27.7. The summed E-state index contributed by atoms with van der Waals surface area (Å²) in [5.74, 6) is 1.70. The third-order valence-electron chi connectivity index (χ3n) is 13.4. The average Bonchev–Trinajstić information content (AvgIpc) is 3.26. The van der Waals surface area contributed by atoms with E-state index >= 15 is 0 Å². The molecule has 0 N–H and O–H groups in total. The normalized spacial score (nSPS) is 13.0. The van der Waals surface area contributed by atoms with Crippen molar-refractivity contribution in [2.75, 3.05) is 13.2 Å². The maximum Gasteiger partial charge on any atom is 0.306 e. The number of hydrogen-bond acceptors (Lipinski definition) is 6. The molecule has 0 radical (unpaired) electrons. The van der Waals surface area contributed by atoms with Crippen LogP contribution in [-0.4, -0.2) is 37.2 Å². The lowest BCUT2D eigenvalue weighted by atomic mass is 9.99. The summed E-state index contributed by atoms with van der Waals surface area (Å²) in [4.78, 5) is 38.0. The van der Waals surface area contributed by atoms with E-state index in [0.29, 0.717) is 19.3 Å². The van der Waals surface area contributed by atoms with Crippen molar-refractivity contribution in [2.45, 2.75) is 311 Å². The molecule has 0 bridgehead atoms. The standard InChI is InChI=1S/C56H108O6/c1-7-51(5)43-37-31-25-21-17-13-9-10-14-18-22-26-33-39-45-54(57)60-48-53(49-61-55(58)46-40-34-29-28-32-38-44-52(6)8-2)62-56(59)47-41-35-27-23-19-15-11-12-16-20-24-30-36-42-50(3)4/h50-53H,7-49H2,1-6H3/t51?,52?,53-/m1/s1. The highest BCUT2D eigenvalue weighted by atomic mass is 16.6. The van der Waals surface area contributed by atoms with Crippen LogP contribution in [0.2, 0.25) is 0 Å². The summed E-state index contributed by atoms with van der Waals surface area (Å²) >= 11 is 0. The zero-order valence-electron chi connectivity index (χ0n) is 42.7. The molecule has 2 unspecified atom stereocenters. The van der Waals surface area contributed by atoms with Crippen LogP contribution in [0.15, 0.2) is 0 Å². The first-order valence-electron chi connectivity index (χ1n) is 27.7. The fourth-order valence-corrected chi connectivity index (χ4v) is 8.40. The van der Waals surface area contributed by atoms with Crippen LogP contribution in [0.4, 0.5) is 0 Å². The average molecular weight is 877 g/mol. The van der Waals surface area contributed by atoms with Crippen molar-refractivity contribution in [1.82, 2.24) is 0 Å². The van der Waals surface area contributed by atoms with Crippen LogP contribution in [0.25, 0.3) is 0 Å². The van der Waals surface area contributed by atoms with Crippen molar-refractivity contribution in [3.63, 3.8) is 0 Å². The Morgan fingerprint density at radius 3 is 0.839 bits per heavy atom. The molecule has 0 aromatic heterocycles. The quantitative estimate of drug-likeness (QED) is 0.0344. The summed E-state index contributed by atoms with van der Waals surface area (Å²) in [5, 5.41) is 0. The van der Waals surface area contributed by atoms with Crippen LogP contribution in [0, 0.1) is 17.8 Å². The Morgan fingerprint density at radius 1 is 0.323 bits per heavy atom. The van der Waals surface area contributed by atoms with Crippen molar-refractivity contribution < 1.29 is 28.6 Å². The van der Waals surface area contributed by atoms with Gasteiger partial charge in [0.15, 0.2) is 6.10 Å². The van der Waals surface area contributed by atoms with Crippen LogP contribution in [0.1, 0.15) is 305 Å². The molecule has 6 heteroatoms. The van der Waals surface area contributed by atoms with E-state index in [1.54, 1.807) is 0 Å². The van der Waals surface area contributed by atoms with Crippen molar-refractivity contribution in [3.8, 4) is 0 Å². The Balaban J connectivity index is 4.27. The predicted molar refractivity (Wildman–Crippen MR) is 266 cm³/mol. The van der Waals surface area contributed by atoms with Gasteiger partial charge in [0.2, 0.25) is 0 Å². The molecule has 0 fully saturated rings. The van der Waals surface area contributed by atoms with E-state index in [2.05, 4.69) is 41.5 Å². The second kappa shape index (κ2) is 47.4. The molecular weight excluding hydrogens is 769 g/mol. The summed E-state index contributed by atoms with van der Waals surface area (Å²) in [5.41, 5.74) is 0. The monoisotopic (exact) mass is 877 g/mol. The van der Waals surface area contributed by atoms with Gasteiger partial charge in [0.25, 0.3) is 0 Å². The Hall–Kier alpha value is -1.59. The van der Waals surface area contributed by atoms with E-state index in [4.69, 9.17) is 14.2 Å². The number of carbonyl (C=O) groups excluding carboxylic acids is 3. The van der Waals surface area contributed by atoms with E-state index < -0.39 is 6.10 Å². The summed E-state index contributed by atoms with van der Waals surface area (Å²) < 4.78 is 16.8. The smallest absolute Gasteiger partial charge is 0.306 e. The summed E-state index contributed by atoms with van der Waals surface area (Å²) in [6.07, 6.45) is 48.0. The van der Waals surface area contributed by atoms with Gasteiger partial charge in [-0.25, -0.2) is 0 Å². The second-order valence-corrected chi connectivity index (χ2v) is 20.2. The van der Waals surface area contributed by atoms with Gasteiger partial charge in [0.05, 0.1) is 0 Å². The Morgan fingerprint density at radius 2 is 0.565 bits per heavy atom. The molecule has 0 saturated carbocycles. The molecule has 0 amide bonds. The van der Waals surface area contributed by atoms with E-state index in [0.717, 1.165) is 75.5 Å². The Bertz CT molecular complexity index is 964. The summed E-state index contributed by atoms with van der Waals surface area (Å²) in [7, 11) is 0. The maximum atomic E-state index is 12.8. The van der Waals surface area contributed by atoms with Gasteiger partial charge in [-0.3, -0.25) is 14.4 Å². The van der Waals surface area contributed by atoms with E-state index in [1.807, 2.05) is 0 Å². The highest BCUT2D eigenvalue weighted by molar-refractivity contribution is 5.71. The third-order valence-corrected chi connectivity index (χ3v) is 13.4. The fourth-order valence-electron chi connectivity index (χ4n) is 8.40. The molecule has 368 valence electrons. The van der Waals surface area contributed by atoms with Crippen LogP contribution in [-0.2, 0) is 28.6 Å². The first-order chi connectivity index (χ1) is 30.2. The fraction of sp³-hybridized carbons (Fsp3) is 0.946. The number of esters is 3. The van der Waals surface area contributed by atoms with Crippen LogP contribution in [0.5, 0.6) is 0 Å². The lowest BCUT2D eigenvalue weighted by Gasteiger charge is -2.18. The maximum absolute atomic E-state index is 12.8. The van der Waals surface area contributed by atoms with Gasteiger partial charge in [-0.1, -0.05) is 266 Å². The molecule has 0 aromatic carbocycles. The van der Waals surface area contributed by atoms with Gasteiger partial charge in [0, 0.05) is 19.3 Å². The summed E-state index contributed by atoms with van der Waals surface area (Å²) in [6.45, 7) is 13.8. The number of rotatable bonds is 49. The van der Waals surface area contributed by atoms with Crippen LogP contribution in [0.3, 0.4) is 0 Å². The van der Waals surface area contributed by atoms with Crippen LogP contribution < -0.4 is 0 Å². The van der Waals surface area contributed by atoms with E-state index in [-0.39, 0.29) is 31.1 Å². The minimum Gasteiger partial charge on any atom is -0.462 e. The van der Waals surface area contributed by atoms with Crippen molar-refractivity contribution >= 4 is 17.9 Å². The minimum absolute atomic E-state index is 0.0646. The highest BCUT2D eigenvalue weighted by Crippen LogP contribution is 2.19. The molecule has 3 atom stereocenters. The molecule has 0 aliphatic rings. The van der Waals surface area contributed by atoms with Crippen LogP contribution >= 0.6 is 0 Å². The lowest BCUT2D eigenvalue weighted by molar-refractivity contribution is -0.167. The molecule has 0 aromatic rings. The first kappa shape index (κ1) is 60.4. The van der Waals surface area contributed by atoms with Gasteiger partial charge >= 0.3 is 17.9 Å². The molecule has 0 spiro atoms. The summed E-state index contributed by atoms with van der Waals surface area (Å²) in [6, 6.07) is 0. The molecule has 0 heterocycles. The number of hydrogen-bond donors (Lipinski definition) is 0. The second-order valence-electron chi connectivity index (χ2n) is 20.2. The molecule has 0 saturated heterocycles. The number of unbranched alkanes of at least 4 members (excludes halogenated alkanes) is 30. The SMILES string of the molecule is CCC(C)CCCCCCCCCCCCCCCCC(=O)OC[C@H](COC(=O)CCCCCCCCC(C)CC)OC(=O)CCCCCCCCCCCCCCCC(C)C. The van der Waals surface area contributed by atoms with Gasteiger partial charge in [-0.2, -0.15) is 0 Å². The van der Waals surface area contributed by atoms with Gasteiger partial charge in [-0.15, -0.1) is 0 Å².